The van der Waals surface area contributed by atoms with Crippen LogP contribution < -0.4 is 9.64 Å². The lowest BCUT2D eigenvalue weighted by molar-refractivity contribution is -0.121. The SMILES string of the molecule is COc1ccc(N2C(=O)C[C@H](c3ccccc3)C2=O)cc1. The first-order valence-electron chi connectivity index (χ1n) is 6.76. The molecule has 4 nitrogen and oxygen atoms in total. The first-order valence-corrected chi connectivity index (χ1v) is 6.76. The molecule has 0 saturated carbocycles. The molecule has 2 amide bonds. The predicted octanol–water partition coefficient (Wildman–Crippen LogP) is 2.74. The maximum absolute atomic E-state index is 12.5. The molecule has 1 aliphatic heterocycles. The van der Waals surface area contributed by atoms with Crippen molar-refractivity contribution in [2.75, 3.05) is 12.0 Å². The largest absolute Gasteiger partial charge is 0.497 e. The second kappa shape index (κ2) is 5.40. The Morgan fingerprint density at radius 2 is 1.67 bits per heavy atom. The molecule has 0 aliphatic carbocycles. The minimum absolute atomic E-state index is 0.168. The van der Waals surface area contributed by atoms with E-state index in [0.29, 0.717) is 11.4 Å². The summed E-state index contributed by atoms with van der Waals surface area (Å²) in [4.78, 5) is 26.0. The van der Waals surface area contributed by atoms with Crippen molar-refractivity contribution in [3.05, 3.63) is 60.2 Å². The molecule has 0 aromatic heterocycles. The number of methoxy groups -OCH3 is 1. The molecule has 1 aliphatic rings. The van der Waals surface area contributed by atoms with Gasteiger partial charge >= 0.3 is 0 Å². The summed E-state index contributed by atoms with van der Waals surface area (Å²) in [6.45, 7) is 0. The molecule has 1 atom stereocenters. The van der Waals surface area contributed by atoms with E-state index >= 15 is 0 Å². The second-order valence-electron chi connectivity index (χ2n) is 4.93. The summed E-state index contributed by atoms with van der Waals surface area (Å²) < 4.78 is 5.09. The van der Waals surface area contributed by atoms with Gasteiger partial charge in [0, 0.05) is 6.42 Å². The van der Waals surface area contributed by atoms with Crippen molar-refractivity contribution in [2.45, 2.75) is 12.3 Å². The van der Waals surface area contributed by atoms with Crippen LogP contribution in [0.5, 0.6) is 5.75 Å². The van der Waals surface area contributed by atoms with E-state index in [4.69, 9.17) is 4.74 Å². The van der Waals surface area contributed by atoms with Crippen molar-refractivity contribution in [3.8, 4) is 5.75 Å². The first-order chi connectivity index (χ1) is 10.2. The molecular formula is C17H15NO3. The van der Waals surface area contributed by atoms with E-state index in [1.165, 1.54) is 4.90 Å². The zero-order chi connectivity index (χ0) is 14.8. The van der Waals surface area contributed by atoms with Gasteiger partial charge in [0.05, 0.1) is 18.7 Å². The predicted molar refractivity (Wildman–Crippen MR) is 79.3 cm³/mol. The molecule has 2 aromatic rings. The normalized spacial score (nSPS) is 18.1. The van der Waals surface area contributed by atoms with Gasteiger partial charge in [-0.05, 0) is 29.8 Å². The molecule has 2 aromatic carbocycles. The topological polar surface area (TPSA) is 46.6 Å². The average molecular weight is 281 g/mol. The molecule has 3 rings (SSSR count). The minimum Gasteiger partial charge on any atom is -0.497 e. The van der Waals surface area contributed by atoms with E-state index in [1.54, 1.807) is 31.4 Å². The van der Waals surface area contributed by atoms with Crippen LogP contribution in [0.2, 0.25) is 0 Å². The van der Waals surface area contributed by atoms with E-state index in [2.05, 4.69) is 0 Å². The number of rotatable bonds is 3. The van der Waals surface area contributed by atoms with Crippen molar-refractivity contribution in [3.63, 3.8) is 0 Å². The molecule has 1 heterocycles. The third-order valence-electron chi connectivity index (χ3n) is 3.68. The van der Waals surface area contributed by atoms with Crippen molar-refractivity contribution >= 4 is 17.5 Å². The number of ether oxygens (including phenoxy) is 1. The highest BCUT2D eigenvalue weighted by molar-refractivity contribution is 6.22. The van der Waals surface area contributed by atoms with Gasteiger partial charge < -0.3 is 4.74 Å². The fraction of sp³-hybridized carbons (Fsp3) is 0.176. The van der Waals surface area contributed by atoms with Crippen LogP contribution in [0.1, 0.15) is 17.9 Å². The maximum atomic E-state index is 12.5. The molecule has 21 heavy (non-hydrogen) atoms. The fourth-order valence-electron chi connectivity index (χ4n) is 2.58. The van der Waals surface area contributed by atoms with Gasteiger partial charge in [-0.1, -0.05) is 30.3 Å². The third kappa shape index (κ3) is 2.40. The number of hydrogen-bond donors (Lipinski definition) is 0. The number of imide groups is 1. The second-order valence-corrected chi connectivity index (χ2v) is 4.93. The van der Waals surface area contributed by atoms with Crippen molar-refractivity contribution in [2.24, 2.45) is 0 Å². The average Bonchev–Trinajstić information content (AvgIpc) is 2.83. The summed E-state index contributed by atoms with van der Waals surface area (Å²) >= 11 is 0. The first kappa shape index (κ1) is 13.4. The third-order valence-corrected chi connectivity index (χ3v) is 3.68. The van der Waals surface area contributed by atoms with Gasteiger partial charge in [0.15, 0.2) is 0 Å². The Morgan fingerprint density at radius 1 is 1.00 bits per heavy atom. The van der Waals surface area contributed by atoms with Crippen LogP contribution in [0.25, 0.3) is 0 Å². The van der Waals surface area contributed by atoms with Crippen LogP contribution in [0.15, 0.2) is 54.6 Å². The molecular weight excluding hydrogens is 266 g/mol. The molecule has 0 radical (unpaired) electrons. The molecule has 0 unspecified atom stereocenters. The monoisotopic (exact) mass is 281 g/mol. The molecule has 1 fully saturated rings. The van der Waals surface area contributed by atoms with Gasteiger partial charge in [-0.15, -0.1) is 0 Å². The fourth-order valence-corrected chi connectivity index (χ4v) is 2.58. The summed E-state index contributed by atoms with van der Waals surface area (Å²) in [6.07, 6.45) is 0.217. The van der Waals surface area contributed by atoms with Crippen molar-refractivity contribution in [1.29, 1.82) is 0 Å². The van der Waals surface area contributed by atoms with Crippen LogP contribution in [0, 0.1) is 0 Å². The van der Waals surface area contributed by atoms with Crippen LogP contribution in [-0.4, -0.2) is 18.9 Å². The smallest absolute Gasteiger partial charge is 0.241 e. The quantitative estimate of drug-likeness (QED) is 0.813. The summed E-state index contributed by atoms with van der Waals surface area (Å²) in [6, 6.07) is 16.3. The Bertz CT molecular complexity index is 664. The lowest BCUT2D eigenvalue weighted by Gasteiger charge is -2.15. The van der Waals surface area contributed by atoms with E-state index in [1.807, 2.05) is 30.3 Å². The van der Waals surface area contributed by atoms with Crippen LogP contribution in [-0.2, 0) is 9.59 Å². The van der Waals surface area contributed by atoms with Gasteiger partial charge in [-0.2, -0.15) is 0 Å². The molecule has 0 N–H and O–H groups in total. The number of benzene rings is 2. The Labute approximate surface area is 123 Å². The van der Waals surface area contributed by atoms with Gasteiger partial charge in [0.25, 0.3) is 0 Å². The number of nitrogens with zero attached hydrogens (tertiary/aromatic N) is 1. The van der Waals surface area contributed by atoms with E-state index in [0.717, 1.165) is 5.56 Å². The van der Waals surface area contributed by atoms with Crippen molar-refractivity contribution in [1.82, 2.24) is 0 Å². The van der Waals surface area contributed by atoms with Gasteiger partial charge in [0.1, 0.15) is 5.75 Å². The minimum atomic E-state index is -0.388. The van der Waals surface area contributed by atoms with Gasteiger partial charge in [-0.25, -0.2) is 0 Å². The Hall–Kier alpha value is -2.62. The Morgan fingerprint density at radius 3 is 2.29 bits per heavy atom. The molecule has 0 bridgehead atoms. The van der Waals surface area contributed by atoms with Crippen LogP contribution in [0.3, 0.4) is 0 Å². The number of hydrogen-bond acceptors (Lipinski definition) is 3. The van der Waals surface area contributed by atoms with Crippen LogP contribution in [0.4, 0.5) is 5.69 Å². The zero-order valence-corrected chi connectivity index (χ0v) is 11.7. The maximum Gasteiger partial charge on any atom is 0.241 e. The van der Waals surface area contributed by atoms with Crippen LogP contribution >= 0.6 is 0 Å². The van der Waals surface area contributed by atoms with Gasteiger partial charge in [-0.3, -0.25) is 14.5 Å². The number of anilines is 1. The summed E-state index contributed by atoms with van der Waals surface area (Å²) in [5.74, 6) is -0.0337. The highest BCUT2D eigenvalue weighted by Gasteiger charge is 2.40. The zero-order valence-electron chi connectivity index (χ0n) is 11.7. The lowest BCUT2D eigenvalue weighted by Crippen LogP contribution is -2.29. The molecule has 1 saturated heterocycles. The molecule has 106 valence electrons. The summed E-state index contributed by atoms with van der Waals surface area (Å²) in [5.41, 5.74) is 1.47. The standard InChI is InChI=1S/C17H15NO3/c1-21-14-9-7-13(8-10-14)18-16(19)11-15(17(18)20)12-5-3-2-4-6-12/h2-10,15H,11H2,1H3/t15-/m1/s1. The number of amides is 2. The van der Waals surface area contributed by atoms with E-state index in [9.17, 15) is 9.59 Å². The lowest BCUT2D eigenvalue weighted by atomic mass is 9.98. The molecule has 4 heteroatoms. The van der Waals surface area contributed by atoms with Crippen molar-refractivity contribution < 1.29 is 14.3 Å². The van der Waals surface area contributed by atoms with Gasteiger partial charge in [0.2, 0.25) is 11.8 Å². The van der Waals surface area contributed by atoms with E-state index in [-0.39, 0.29) is 24.2 Å². The highest BCUT2D eigenvalue weighted by atomic mass is 16.5. The number of carbonyl (C=O) groups excluding carboxylic acids is 2. The summed E-state index contributed by atoms with van der Waals surface area (Å²) in [5, 5.41) is 0. The highest BCUT2D eigenvalue weighted by Crippen LogP contribution is 2.33. The Kier molecular flexibility index (Phi) is 3.44. The summed E-state index contributed by atoms with van der Waals surface area (Å²) in [7, 11) is 1.58. The van der Waals surface area contributed by atoms with E-state index < -0.39 is 0 Å². The Balaban J connectivity index is 1.90. The number of carbonyl (C=O) groups is 2. The molecule has 0 spiro atoms.